The van der Waals surface area contributed by atoms with Gasteiger partial charge in [-0.25, -0.2) is 0 Å². The third-order valence-corrected chi connectivity index (χ3v) is 2.93. The minimum Gasteiger partial charge on any atom is -0.481 e. The Hall–Kier alpha value is -3.36. The van der Waals surface area contributed by atoms with Crippen LogP contribution in [0.15, 0.2) is 36.4 Å². The first-order valence-corrected chi connectivity index (χ1v) is 6.88. The summed E-state index contributed by atoms with van der Waals surface area (Å²) in [6, 6.07) is 6.59. The van der Waals surface area contributed by atoms with Crippen LogP contribution in [-0.4, -0.2) is 40.5 Å². The van der Waals surface area contributed by atoms with Crippen molar-refractivity contribution in [3.63, 3.8) is 0 Å². The molecular weight excluding hydrogens is 318 g/mol. The van der Waals surface area contributed by atoms with Crippen molar-refractivity contribution in [1.29, 1.82) is 0 Å². The van der Waals surface area contributed by atoms with E-state index in [2.05, 4.69) is 10.6 Å². The van der Waals surface area contributed by atoms with E-state index < -0.39 is 29.7 Å². The second kappa shape index (κ2) is 8.93. The summed E-state index contributed by atoms with van der Waals surface area (Å²) in [7, 11) is 0. The summed E-state index contributed by atoms with van der Waals surface area (Å²) in [5.74, 6) is -5.78. The van der Waals surface area contributed by atoms with E-state index in [1.807, 2.05) is 0 Å². The van der Waals surface area contributed by atoms with Crippen molar-refractivity contribution in [2.45, 2.75) is 6.42 Å². The van der Waals surface area contributed by atoms with E-state index in [-0.39, 0.29) is 13.0 Å². The lowest BCUT2D eigenvalue weighted by molar-refractivity contribution is -0.154. The molecule has 0 aliphatic rings. The molecule has 0 aliphatic carbocycles. The highest BCUT2D eigenvalue weighted by molar-refractivity contribution is 6.04. The van der Waals surface area contributed by atoms with Gasteiger partial charge in [-0.15, -0.1) is 0 Å². The molecule has 128 valence electrons. The average molecular weight is 335 g/mol. The zero-order valence-electron chi connectivity index (χ0n) is 12.6. The van der Waals surface area contributed by atoms with Crippen molar-refractivity contribution in [2.75, 3.05) is 17.6 Å². The van der Waals surface area contributed by atoms with Gasteiger partial charge in [0, 0.05) is 18.7 Å². The largest absolute Gasteiger partial charge is 0.481 e. The second-order valence-electron chi connectivity index (χ2n) is 4.72. The first kappa shape index (κ1) is 18.7. The number of nitrogens with one attached hydrogen (secondary N) is 2. The molecule has 2 amide bonds. The summed E-state index contributed by atoms with van der Waals surface area (Å²) in [5, 5.41) is 22.1. The maximum Gasteiger partial charge on any atom is 0.317 e. The van der Waals surface area contributed by atoms with E-state index in [1.165, 1.54) is 0 Å². The van der Waals surface area contributed by atoms with Crippen LogP contribution in [0, 0.1) is 5.92 Å². The molecule has 0 bridgehead atoms. The lowest BCUT2D eigenvalue weighted by Crippen LogP contribution is -2.30. The number of carbonyl (C=O) groups is 4. The monoisotopic (exact) mass is 335 g/mol. The molecule has 24 heavy (non-hydrogen) atoms. The van der Waals surface area contributed by atoms with Crippen LogP contribution in [0.2, 0.25) is 0 Å². The van der Waals surface area contributed by atoms with Crippen molar-refractivity contribution < 1.29 is 29.4 Å². The van der Waals surface area contributed by atoms with Crippen LogP contribution < -0.4 is 16.4 Å². The summed E-state index contributed by atoms with van der Waals surface area (Å²) < 4.78 is 0. The molecule has 0 fully saturated rings. The zero-order valence-corrected chi connectivity index (χ0v) is 12.6. The lowest BCUT2D eigenvalue weighted by atomic mass is 10.1. The number of nitrogens with two attached hydrogens (primary N) is 1. The lowest BCUT2D eigenvalue weighted by Gasteiger charge is -2.07. The topological polar surface area (TPSA) is 159 Å². The van der Waals surface area contributed by atoms with Gasteiger partial charge in [0.1, 0.15) is 0 Å². The van der Waals surface area contributed by atoms with Gasteiger partial charge in [0.05, 0.1) is 11.4 Å². The molecule has 0 aliphatic heterocycles. The van der Waals surface area contributed by atoms with Gasteiger partial charge in [-0.2, -0.15) is 0 Å². The third kappa shape index (κ3) is 6.18. The maximum atomic E-state index is 11.6. The Morgan fingerprint density at radius 2 is 1.62 bits per heavy atom. The number of benzene rings is 1. The normalized spacial score (nSPS) is 10.5. The van der Waals surface area contributed by atoms with Crippen molar-refractivity contribution in [1.82, 2.24) is 5.32 Å². The summed E-state index contributed by atoms with van der Waals surface area (Å²) in [6.45, 7) is -0.153. The van der Waals surface area contributed by atoms with Crippen molar-refractivity contribution in [3.8, 4) is 0 Å². The molecule has 6 N–H and O–H groups in total. The molecule has 0 heterocycles. The smallest absolute Gasteiger partial charge is 0.317 e. The molecule has 0 saturated heterocycles. The van der Waals surface area contributed by atoms with Crippen LogP contribution in [0.4, 0.5) is 11.4 Å². The van der Waals surface area contributed by atoms with Crippen LogP contribution in [-0.2, 0) is 19.2 Å². The number of carbonyl (C=O) groups excluding carboxylic acids is 2. The number of hydrogen-bond donors (Lipinski definition) is 5. The molecule has 0 saturated carbocycles. The minimum absolute atomic E-state index is 0.153. The Balaban J connectivity index is 2.43. The van der Waals surface area contributed by atoms with Crippen LogP contribution in [0.5, 0.6) is 0 Å². The molecule has 1 aromatic carbocycles. The van der Waals surface area contributed by atoms with Crippen LogP contribution in [0.3, 0.4) is 0 Å². The van der Waals surface area contributed by atoms with E-state index in [1.54, 1.807) is 24.3 Å². The standard InChI is InChI=1S/C15H17N3O6/c16-10-3-1-2-4-11(10)18-13(20)6-5-12(19)17-8-7-9(14(21)22)15(23)24/h1-6,9H,7-8,16H2,(H,17,19)(H,18,20)(H,21,22)(H,23,24)/b6-5+. The van der Waals surface area contributed by atoms with Gasteiger partial charge in [-0.3, -0.25) is 19.2 Å². The highest BCUT2D eigenvalue weighted by Crippen LogP contribution is 2.16. The molecular formula is C15H17N3O6. The molecule has 0 aromatic heterocycles. The highest BCUT2D eigenvalue weighted by Gasteiger charge is 2.25. The van der Waals surface area contributed by atoms with Gasteiger partial charge in [-0.1, -0.05) is 12.1 Å². The number of nitrogen functional groups attached to an aromatic ring is 1. The molecule has 9 nitrogen and oxygen atoms in total. The summed E-state index contributed by atoms with van der Waals surface area (Å²) in [4.78, 5) is 44.5. The number of para-hydroxylation sites is 2. The number of carboxylic acid groups (broad SMARTS) is 2. The van der Waals surface area contributed by atoms with Crippen molar-refractivity contribution in [2.24, 2.45) is 5.92 Å². The second-order valence-corrected chi connectivity index (χ2v) is 4.72. The number of hydrogen-bond acceptors (Lipinski definition) is 5. The SMILES string of the molecule is Nc1ccccc1NC(=O)/C=C/C(=O)NCCC(C(=O)O)C(=O)O. The number of rotatable bonds is 8. The number of anilines is 2. The highest BCUT2D eigenvalue weighted by atomic mass is 16.4. The van der Waals surface area contributed by atoms with E-state index in [0.29, 0.717) is 11.4 Å². The molecule has 0 atom stereocenters. The van der Waals surface area contributed by atoms with Gasteiger partial charge in [0.15, 0.2) is 5.92 Å². The predicted octanol–water partition coefficient (Wildman–Crippen LogP) is 0.0552. The number of amides is 2. The Morgan fingerprint density at radius 3 is 2.21 bits per heavy atom. The number of aliphatic carboxylic acids is 2. The summed E-state index contributed by atoms with van der Waals surface area (Å²) >= 11 is 0. The molecule has 9 heteroatoms. The average Bonchev–Trinajstić information content (AvgIpc) is 2.51. The first-order chi connectivity index (χ1) is 11.3. The van der Waals surface area contributed by atoms with Gasteiger partial charge >= 0.3 is 11.9 Å². The molecule has 1 aromatic rings. The van der Waals surface area contributed by atoms with Gasteiger partial charge in [0.25, 0.3) is 0 Å². The molecule has 0 spiro atoms. The Labute approximate surface area is 137 Å². The van der Waals surface area contributed by atoms with Gasteiger partial charge in [0.2, 0.25) is 11.8 Å². The predicted molar refractivity (Wildman–Crippen MR) is 85.0 cm³/mol. The molecule has 0 radical (unpaired) electrons. The molecule has 1 rings (SSSR count). The minimum atomic E-state index is -1.60. The Bertz CT molecular complexity index is 657. The van der Waals surface area contributed by atoms with E-state index in [9.17, 15) is 19.2 Å². The Morgan fingerprint density at radius 1 is 1.04 bits per heavy atom. The fourth-order valence-electron chi connectivity index (χ4n) is 1.69. The summed E-state index contributed by atoms with van der Waals surface area (Å²) in [6.07, 6.45) is 1.66. The van der Waals surface area contributed by atoms with E-state index in [4.69, 9.17) is 15.9 Å². The van der Waals surface area contributed by atoms with E-state index in [0.717, 1.165) is 12.2 Å². The van der Waals surface area contributed by atoms with Crippen molar-refractivity contribution >= 4 is 35.1 Å². The zero-order chi connectivity index (χ0) is 18.1. The fraction of sp³-hybridized carbons (Fsp3) is 0.200. The quantitative estimate of drug-likeness (QED) is 0.255. The van der Waals surface area contributed by atoms with Crippen LogP contribution >= 0.6 is 0 Å². The van der Waals surface area contributed by atoms with Crippen LogP contribution in [0.1, 0.15) is 6.42 Å². The van der Waals surface area contributed by atoms with Crippen molar-refractivity contribution in [3.05, 3.63) is 36.4 Å². The summed E-state index contributed by atoms with van der Waals surface area (Å²) in [5.41, 5.74) is 6.43. The first-order valence-electron chi connectivity index (χ1n) is 6.88. The van der Waals surface area contributed by atoms with Crippen LogP contribution in [0.25, 0.3) is 0 Å². The Kier molecular flexibility index (Phi) is 6.96. The third-order valence-electron chi connectivity index (χ3n) is 2.93. The van der Waals surface area contributed by atoms with Gasteiger partial charge in [-0.05, 0) is 18.6 Å². The maximum absolute atomic E-state index is 11.6. The van der Waals surface area contributed by atoms with E-state index >= 15 is 0 Å². The number of carboxylic acids is 2. The fourth-order valence-corrected chi connectivity index (χ4v) is 1.69. The van der Waals surface area contributed by atoms with Gasteiger partial charge < -0.3 is 26.6 Å². The molecule has 0 unspecified atom stereocenters.